The molecule has 0 aromatic heterocycles. The number of hydrogen-bond donors (Lipinski definition) is 5. The number of phenolic OH excluding ortho intramolecular Hbond substituents is 5. The Hall–Kier alpha value is -2.80. The van der Waals surface area contributed by atoms with Gasteiger partial charge in [0.05, 0.1) is 0 Å². The van der Waals surface area contributed by atoms with Crippen molar-refractivity contribution in [2.75, 3.05) is 6.61 Å². The standard InChI is InChI=1S/C25H34O7/c1-2-3-4-5-6-7-8-9-10-31-23-15-18-19(27)13-17(26)14-22(18)32-25(23)16-11-20(28)24(30)21(29)12-16/h11-14,23,25-30H,2-10,15H2,1H3/t23-,25-/m0/s1. The van der Waals surface area contributed by atoms with Crippen LogP contribution in [0, 0.1) is 0 Å². The number of hydrogen-bond acceptors (Lipinski definition) is 7. The van der Waals surface area contributed by atoms with Crippen LogP contribution in [0.15, 0.2) is 24.3 Å². The smallest absolute Gasteiger partial charge is 0.200 e. The predicted octanol–water partition coefficient (Wildman–Crippen LogP) is 5.42. The van der Waals surface area contributed by atoms with E-state index in [1.165, 1.54) is 62.8 Å². The molecule has 1 aliphatic heterocycles. The molecule has 0 radical (unpaired) electrons. The van der Waals surface area contributed by atoms with Crippen LogP contribution < -0.4 is 4.74 Å². The van der Waals surface area contributed by atoms with Gasteiger partial charge in [-0.05, 0) is 18.6 Å². The molecule has 0 amide bonds. The first-order chi connectivity index (χ1) is 15.4. The topological polar surface area (TPSA) is 120 Å². The Morgan fingerprint density at radius 1 is 0.812 bits per heavy atom. The van der Waals surface area contributed by atoms with Crippen molar-refractivity contribution in [3.8, 4) is 34.5 Å². The summed E-state index contributed by atoms with van der Waals surface area (Å²) >= 11 is 0. The Morgan fingerprint density at radius 2 is 1.44 bits per heavy atom. The van der Waals surface area contributed by atoms with E-state index in [1.807, 2.05) is 0 Å². The van der Waals surface area contributed by atoms with Gasteiger partial charge in [-0.15, -0.1) is 0 Å². The van der Waals surface area contributed by atoms with Gasteiger partial charge in [-0.1, -0.05) is 51.9 Å². The number of benzene rings is 2. The molecule has 5 N–H and O–H groups in total. The number of rotatable bonds is 11. The molecule has 32 heavy (non-hydrogen) atoms. The third-order valence-corrected chi connectivity index (χ3v) is 5.92. The lowest BCUT2D eigenvalue weighted by atomic mass is 9.93. The van der Waals surface area contributed by atoms with Crippen LogP contribution in [0.3, 0.4) is 0 Å². The summed E-state index contributed by atoms with van der Waals surface area (Å²) in [6.07, 6.45) is 8.62. The molecular weight excluding hydrogens is 412 g/mol. The second kappa shape index (κ2) is 11.2. The fourth-order valence-electron chi connectivity index (χ4n) is 4.14. The van der Waals surface area contributed by atoms with Crippen molar-refractivity contribution in [1.82, 2.24) is 0 Å². The molecule has 2 atom stereocenters. The van der Waals surface area contributed by atoms with Crippen molar-refractivity contribution < 1.29 is 35.0 Å². The van der Waals surface area contributed by atoms with Crippen LogP contribution in [0.4, 0.5) is 0 Å². The van der Waals surface area contributed by atoms with Gasteiger partial charge in [-0.3, -0.25) is 0 Å². The van der Waals surface area contributed by atoms with E-state index in [2.05, 4.69) is 6.92 Å². The van der Waals surface area contributed by atoms with Crippen molar-refractivity contribution in [2.24, 2.45) is 0 Å². The summed E-state index contributed by atoms with van der Waals surface area (Å²) in [6.45, 7) is 2.73. The average molecular weight is 447 g/mol. The first-order valence-corrected chi connectivity index (χ1v) is 11.5. The van der Waals surface area contributed by atoms with E-state index >= 15 is 0 Å². The Labute approximate surface area is 188 Å². The van der Waals surface area contributed by atoms with Crippen LogP contribution in [-0.4, -0.2) is 38.2 Å². The zero-order chi connectivity index (χ0) is 23.1. The maximum absolute atomic E-state index is 10.3. The van der Waals surface area contributed by atoms with Crippen LogP contribution in [0.2, 0.25) is 0 Å². The molecule has 0 spiro atoms. The summed E-state index contributed by atoms with van der Waals surface area (Å²) in [7, 11) is 0. The molecule has 0 saturated heterocycles. The molecule has 2 aromatic rings. The van der Waals surface area contributed by atoms with Crippen LogP contribution in [0.25, 0.3) is 0 Å². The van der Waals surface area contributed by atoms with Gasteiger partial charge in [0.25, 0.3) is 0 Å². The summed E-state index contributed by atoms with van der Waals surface area (Å²) in [5, 5.41) is 49.7. The Bertz CT molecular complexity index is 873. The summed E-state index contributed by atoms with van der Waals surface area (Å²) in [4.78, 5) is 0. The second-order valence-electron chi connectivity index (χ2n) is 8.48. The highest BCUT2D eigenvalue weighted by molar-refractivity contribution is 5.54. The summed E-state index contributed by atoms with van der Waals surface area (Å²) in [6, 6.07) is 5.31. The summed E-state index contributed by atoms with van der Waals surface area (Å²) in [5.74, 6) is -1.42. The molecule has 3 rings (SSSR count). The summed E-state index contributed by atoms with van der Waals surface area (Å²) in [5.41, 5.74) is 0.958. The first-order valence-electron chi connectivity index (χ1n) is 11.5. The molecule has 1 heterocycles. The Kier molecular flexibility index (Phi) is 8.33. The van der Waals surface area contributed by atoms with Gasteiger partial charge in [0.1, 0.15) is 23.4 Å². The highest BCUT2D eigenvalue weighted by atomic mass is 16.5. The van der Waals surface area contributed by atoms with Gasteiger partial charge in [-0.25, -0.2) is 0 Å². The zero-order valence-corrected chi connectivity index (χ0v) is 18.6. The van der Waals surface area contributed by atoms with Crippen LogP contribution >= 0.6 is 0 Å². The highest BCUT2D eigenvalue weighted by Gasteiger charge is 2.35. The Balaban J connectivity index is 1.67. The number of aromatic hydroxyl groups is 5. The van der Waals surface area contributed by atoms with Crippen molar-refractivity contribution in [3.63, 3.8) is 0 Å². The Morgan fingerprint density at radius 3 is 2.09 bits per heavy atom. The average Bonchev–Trinajstić information content (AvgIpc) is 2.75. The molecule has 0 aliphatic carbocycles. The van der Waals surface area contributed by atoms with Gasteiger partial charge < -0.3 is 35.0 Å². The van der Waals surface area contributed by atoms with Crippen molar-refractivity contribution in [3.05, 3.63) is 35.4 Å². The third kappa shape index (κ3) is 5.91. The predicted molar refractivity (Wildman–Crippen MR) is 121 cm³/mol. The van der Waals surface area contributed by atoms with Gasteiger partial charge in [0.15, 0.2) is 23.4 Å². The highest BCUT2D eigenvalue weighted by Crippen LogP contribution is 2.45. The van der Waals surface area contributed by atoms with Gasteiger partial charge in [0, 0.05) is 36.3 Å². The van der Waals surface area contributed by atoms with E-state index in [0.29, 0.717) is 29.9 Å². The second-order valence-corrected chi connectivity index (χ2v) is 8.48. The van der Waals surface area contributed by atoms with Crippen molar-refractivity contribution in [2.45, 2.75) is 76.9 Å². The molecule has 7 heteroatoms. The largest absolute Gasteiger partial charge is 0.508 e. The van der Waals surface area contributed by atoms with Gasteiger partial charge in [-0.2, -0.15) is 0 Å². The minimum Gasteiger partial charge on any atom is -0.508 e. The van der Waals surface area contributed by atoms with E-state index in [9.17, 15) is 25.5 Å². The zero-order valence-electron chi connectivity index (χ0n) is 18.6. The monoisotopic (exact) mass is 446 g/mol. The van der Waals surface area contributed by atoms with Crippen LogP contribution in [0.5, 0.6) is 34.5 Å². The lowest BCUT2D eigenvalue weighted by molar-refractivity contribution is -0.0394. The molecule has 7 nitrogen and oxygen atoms in total. The van der Waals surface area contributed by atoms with E-state index in [0.717, 1.165) is 12.8 Å². The SMILES string of the molecule is CCCCCCCCCCO[C@H]1Cc2c(O)cc(O)cc2O[C@H]1c1cc(O)c(O)c(O)c1. The van der Waals surface area contributed by atoms with Crippen molar-refractivity contribution >= 4 is 0 Å². The number of fused-ring (bicyclic) bond motifs is 1. The molecule has 0 unspecified atom stereocenters. The molecule has 2 aromatic carbocycles. The number of ether oxygens (including phenoxy) is 2. The minimum atomic E-state index is -0.699. The maximum atomic E-state index is 10.3. The lowest BCUT2D eigenvalue weighted by Crippen LogP contribution is -2.33. The van der Waals surface area contributed by atoms with Crippen molar-refractivity contribution in [1.29, 1.82) is 0 Å². The number of unbranched alkanes of at least 4 members (excludes halogenated alkanes) is 7. The molecule has 1 aliphatic rings. The van der Waals surface area contributed by atoms with Gasteiger partial charge >= 0.3 is 0 Å². The number of phenols is 5. The molecule has 0 saturated carbocycles. The van der Waals surface area contributed by atoms with Gasteiger partial charge in [0.2, 0.25) is 0 Å². The van der Waals surface area contributed by atoms with E-state index in [1.54, 1.807) is 0 Å². The minimum absolute atomic E-state index is 0.0736. The quantitative estimate of drug-likeness (QED) is 0.231. The van der Waals surface area contributed by atoms with E-state index in [4.69, 9.17) is 9.47 Å². The first kappa shape index (κ1) is 23.9. The summed E-state index contributed by atoms with van der Waals surface area (Å²) < 4.78 is 12.1. The van der Waals surface area contributed by atoms with E-state index < -0.39 is 29.5 Å². The molecule has 0 fully saturated rings. The molecule has 0 bridgehead atoms. The normalized spacial score (nSPS) is 17.7. The fraction of sp³-hybridized carbons (Fsp3) is 0.520. The molecular formula is C25H34O7. The molecule has 176 valence electrons. The fourth-order valence-corrected chi connectivity index (χ4v) is 4.14. The van der Waals surface area contributed by atoms with Crippen LogP contribution in [0.1, 0.15) is 75.5 Å². The third-order valence-electron chi connectivity index (χ3n) is 5.92. The lowest BCUT2D eigenvalue weighted by Gasteiger charge is -2.34. The maximum Gasteiger partial charge on any atom is 0.200 e. The van der Waals surface area contributed by atoms with Crippen LogP contribution in [-0.2, 0) is 11.2 Å². The van der Waals surface area contributed by atoms with E-state index in [-0.39, 0.29) is 11.5 Å².